The molecule has 0 aromatic heterocycles. The highest BCUT2D eigenvalue weighted by atomic mass is 79.9. The lowest BCUT2D eigenvalue weighted by atomic mass is 10.0. The molecule has 1 aliphatic rings. The fourth-order valence-corrected chi connectivity index (χ4v) is 2.49. The Morgan fingerprint density at radius 3 is 2.94 bits per heavy atom. The van der Waals surface area contributed by atoms with E-state index in [4.69, 9.17) is 4.74 Å². The number of benzene rings is 1. The van der Waals surface area contributed by atoms with Crippen LogP contribution in [-0.2, 0) is 11.3 Å². The van der Waals surface area contributed by atoms with Crippen molar-refractivity contribution in [2.75, 3.05) is 13.2 Å². The van der Waals surface area contributed by atoms with Crippen LogP contribution in [-0.4, -0.2) is 23.7 Å². The Kier molecular flexibility index (Phi) is 3.99. The number of halogens is 1. The SMILES string of the molecule is CC1(NCc2cc(Br)cc([N+](=O)[O-])c2)CCOC1. The van der Waals surface area contributed by atoms with Gasteiger partial charge in [-0.05, 0) is 25.0 Å². The molecule has 1 heterocycles. The normalized spacial score (nSPS) is 23.2. The summed E-state index contributed by atoms with van der Waals surface area (Å²) in [7, 11) is 0. The highest BCUT2D eigenvalue weighted by Crippen LogP contribution is 2.23. The second kappa shape index (κ2) is 5.34. The number of nitrogens with one attached hydrogen (secondary N) is 1. The van der Waals surface area contributed by atoms with Gasteiger partial charge in [0.2, 0.25) is 0 Å². The Morgan fingerprint density at radius 2 is 2.33 bits per heavy atom. The van der Waals surface area contributed by atoms with Crippen molar-refractivity contribution in [3.05, 3.63) is 38.3 Å². The molecule has 0 saturated carbocycles. The van der Waals surface area contributed by atoms with Crippen LogP contribution in [0.1, 0.15) is 18.9 Å². The van der Waals surface area contributed by atoms with Crippen molar-refractivity contribution in [2.24, 2.45) is 0 Å². The van der Waals surface area contributed by atoms with Crippen LogP contribution < -0.4 is 5.32 Å². The molecule has 0 aliphatic carbocycles. The molecule has 18 heavy (non-hydrogen) atoms. The second-order valence-corrected chi connectivity index (χ2v) is 5.71. The largest absolute Gasteiger partial charge is 0.379 e. The zero-order valence-corrected chi connectivity index (χ0v) is 11.7. The predicted octanol–water partition coefficient (Wildman–Crippen LogP) is 2.63. The minimum atomic E-state index is -0.380. The standard InChI is InChI=1S/C12H15BrN2O3/c1-12(2-3-18-8-12)14-7-9-4-10(13)6-11(5-9)15(16)17/h4-6,14H,2-3,7-8H2,1H3. The monoisotopic (exact) mass is 314 g/mol. The molecule has 1 aromatic carbocycles. The highest BCUT2D eigenvalue weighted by Gasteiger charge is 2.28. The molecule has 0 bridgehead atoms. The Hall–Kier alpha value is -0.980. The quantitative estimate of drug-likeness (QED) is 0.685. The maximum absolute atomic E-state index is 10.8. The van der Waals surface area contributed by atoms with E-state index in [9.17, 15) is 10.1 Å². The summed E-state index contributed by atoms with van der Waals surface area (Å²) in [5.74, 6) is 0. The Labute approximate surface area is 114 Å². The van der Waals surface area contributed by atoms with Gasteiger partial charge in [0.15, 0.2) is 0 Å². The van der Waals surface area contributed by atoms with E-state index in [1.807, 2.05) is 6.07 Å². The third-order valence-electron chi connectivity index (χ3n) is 3.09. The zero-order chi connectivity index (χ0) is 13.2. The summed E-state index contributed by atoms with van der Waals surface area (Å²) >= 11 is 3.29. The summed E-state index contributed by atoms with van der Waals surface area (Å²) in [6, 6.07) is 4.99. The molecule has 0 amide bonds. The highest BCUT2D eigenvalue weighted by molar-refractivity contribution is 9.10. The summed E-state index contributed by atoms with van der Waals surface area (Å²) in [6.45, 7) is 4.15. The molecular weight excluding hydrogens is 300 g/mol. The number of hydrogen-bond donors (Lipinski definition) is 1. The third-order valence-corrected chi connectivity index (χ3v) is 3.55. The van der Waals surface area contributed by atoms with E-state index in [2.05, 4.69) is 28.2 Å². The van der Waals surface area contributed by atoms with Gasteiger partial charge in [0.25, 0.3) is 5.69 Å². The van der Waals surface area contributed by atoms with Crippen LogP contribution in [0.15, 0.2) is 22.7 Å². The molecule has 98 valence electrons. The van der Waals surface area contributed by atoms with Gasteiger partial charge in [-0.3, -0.25) is 10.1 Å². The van der Waals surface area contributed by atoms with E-state index in [1.165, 1.54) is 6.07 Å². The van der Waals surface area contributed by atoms with Gasteiger partial charge in [-0.2, -0.15) is 0 Å². The van der Waals surface area contributed by atoms with Crippen LogP contribution in [0, 0.1) is 10.1 Å². The van der Waals surface area contributed by atoms with Crippen molar-refractivity contribution in [1.82, 2.24) is 5.32 Å². The van der Waals surface area contributed by atoms with Crippen molar-refractivity contribution in [1.29, 1.82) is 0 Å². The fourth-order valence-electron chi connectivity index (χ4n) is 1.96. The van der Waals surface area contributed by atoms with E-state index in [0.29, 0.717) is 13.2 Å². The Bertz CT molecular complexity index is 459. The van der Waals surface area contributed by atoms with E-state index in [1.54, 1.807) is 6.07 Å². The first-order valence-corrected chi connectivity index (χ1v) is 6.54. The van der Waals surface area contributed by atoms with Crippen molar-refractivity contribution >= 4 is 21.6 Å². The van der Waals surface area contributed by atoms with Crippen molar-refractivity contribution in [2.45, 2.75) is 25.4 Å². The molecule has 1 unspecified atom stereocenters. The second-order valence-electron chi connectivity index (χ2n) is 4.79. The number of ether oxygens (including phenoxy) is 1. The maximum atomic E-state index is 10.8. The molecule has 6 heteroatoms. The molecule has 1 aromatic rings. The lowest BCUT2D eigenvalue weighted by molar-refractivity contribution is -0.385. The van der Waals surface area contributed by atoms with Gasteiger partial charge < -0.3 is 10.1 Å². The molecule has 0 spiro atoms. The van der Waals surface area contributed by atoms with Gasteiger partial charge >= 0.3 is 0 Å². The van der Waals surface area contributed by atoms with Gasteiger partial charge in [0.1, 0.15) is 0 Å². The third kappa shape index (κ3) is 3.28. The van der Waals surface area contributed by atoms with E-state index < -0.39 is 0 Å². The minimum absolute atomic E-state index is 0.0307. The van der Waals surface area contributed by atoms with Crippen LogP contribution >= 0.6 is 15.9 Å². The van der Waals surface area contributed by atoms with Gasteiger partial charge in [-0.1, -0.05) is 15.9 Å². The molecule has 0 radical (unpaired) electrons. The molecular formula is C12H15BrN2O3. The lowest BCUT2D eigenvalue weighted by Gasteiger charge is -2.23. The first-order chi connectivity index (χ1) is 8.48. The van der Waals surface area contributed by atoms with Crippen molar-refractivity contribution in [3.8, 4) is 0 Å². The first-order valence-electron chi connectivity index (χ1n) is 5.75. The molecule has 5 nitrogen and oxygen atoms in total. The summed E-state index contributed by atoms with van der Waals surface area (Å²) in [4.78, 5) is 10.4. The van der Waals surface area contributed by atoms with Gasteiger partial charge in [0, 0.05) is 35.3 Å². The molecule has 1 saturated heterocycles. The average Bonchev–Trinajstić information content (AvgIpc) is 2.73. The fraction of sp³-hybridized carbons (Fsp3) is 0.500. The number of nitro groups is 1. The minimum Gasteiger partial charge on any atom is -0.379 e. The zero-order valence-electron chi connectivity index (χ0n) is 10.1. The summed E-state index contributed by atoms with van der Waals surface area (Å²) < 4.78 is 6.08. The van der Waals surface area contributed by atoms with E-state index in [0.717, 1.165) is 23.1 Å². The maximum Gasteiger partial charge on any atom is 0.270 e. The van der Waals surface area contributed by atoms with Crippen molar-refractivity contribution < 1.29 is 9.66 Å². The van der Waals surface area contributed by atoms with Crippen molar-refractivity contribution in [3.63, 3.8) is 0 Å². The lowest BCUT2D eigenvalue weighted by Crippen LogP contribution is -2.42. The number of hydrogen-bond acceptors (Lipinski definition) is 4. The van der Waals surface area contributed by atoms with Crippen LogP contribution in [0.3, 0.4) is 0 Å². The van der Waals surface area contributed by atoms with E-state index >= 15 is 0 Å². The summed E-state index contributed by atoms with van der Waals surface area (Å²) in [5, 5.41) is 14.2. The Balaban J connectivity index is 2.07. The smallest absolute Gasteiger partial charge is 0.270 e. The van der Waals surface area contributed by atoms with E-state index in [-0.39, 0.29) is 16.1 Å². The van der Waals surface area contributed by atoms with Crippen LogP contribution in [0.2, 0.25) is 0 Å². The first kappa shape index (κ1) is 13.5. The number of rotatable bonds is 4. The molecule has 1 aliphatic heterocycles. The number of nitro benzene ring substituents is 1. The van der Waals surface area contributed by atoms with Crippen LogP contribution in [0.4, 0.5) is 5.69 Å². The topological polar surface area (TPSA) is 64.4 Å². The van der Waals surface area contributed by atoms with Crippen LogP contribution in [0.5, 0.6) is 0 Å². The number of non-ortho nitro benzene ring substituents is 1. The van der Waals surface area contributed by atoms with Gasteiger partial charge in [-0.15, -0.1) is 0 Å². The Morgan fingerprint density at radius 1 is 1.56 bits per heavy atom. The molecule has 2 rings (SSSR count). The molecule has 1 atom stereocenters. The summed E-state index contributed by atoms with van der Waals surface area (Å²) in [6.07, 6.45) is 0.961. The molecule has 1 fully saturated rings. The summed E-state index contributed by atoms with van der Waals surface area (Å²) in [5.41, 5.74) is 0.968. The average molecular weight is 315 g/mol. The molecule has 1 N–H and O–H groups in total. The number of nitrogens with zero attached hydrogens (tertiary/aromatic N) is 1. The predicted molar refractivity (Wildman–Crippen MR) is 71.5 cm³/mol. The van der Waals surface area contributed by atoms with Gasteiger partial charge in [-0.25, -0.2) is 0 Å². The van der Waals surface area contributed by atoms with Gasteiger partial charge in [0.05, 0.1) is 11.5 Å². The van der Waals surface area contributed by atoms with Crippen LogP contribution in [0.25, 0.3) is 0 Å².